The topological polar surface area (TPSA) is 135 Å². The molecule has 184 valence electrons. The van der Waals surface area contributed by atoms with Crippen LogP contribution in [0.4, 0.5) is 9.59 Å². The molecule has 0 spiro atoms. The SMILES string of the molecule is C[C@H](NC(=O)OC(C)(C)C)C(=O)NCCC=CCCNC(=O)[C@@H](C)NC(=O)OC(C)(C)C. The van der Waals surface area contributed by atoms with E-state index in [1.807, 2.05) is 12.2 Å². The smallest absolute Gasteiger partial charge is 0.408 e. The highest BCUT2D eigenvalue weighted by atomic mass is 16.6. The fourth-order valence-electron chi connectivity index (χ4n) is 2.20. The molecule has 10 nitrogen and oxygen atoms in total. The van der Waals surface area contributed by atoms with Gasteiger partial charge in [0, 0.05) is 13.1 Å². The van der Waals surface area contributed by atoms with Crippen LogP contribution in [-0.4, -0.2) is 60.4 Å². The van der Waals surface area contributed by atoms with Crippen LogP contribution in [-0.2, 0) is 19.1 Å². The summed E-state index contributed by atoms with van der Waals surface area (Å²) in [6.45, 7) is 14.5. The van der Waals surface area contributed by atoms with Gasteiger partial charge in [0.15, 0.2) is 0 Å². The van der Waals surface area contributed by atoms with E-state index in [4.69, 9.17) is 9.47 Å². The van der Waals surface area contributed by atoms with Gasteiger partial charge < -0.3 is 30.7 Å². The van der Waals surface area contributed by atoms with Gasteiger partial charge in [0.25, 0.3) is 0 Å². The number of nitrogens with one attached hydrogen (secondary N) is 4. The van der Waals surface area contributed by atoms with Crippen LogP contribution in [0.1, 0.15) is 68.2 Å². The summed E-state index contributed by atoms with van der Waals surface area (Å²) in [4.78, 5) is 47.3. The van der Waals surface area contributed by atoms with Gasteiger partial charge in [-0.15, -0.1) is 0 Å². The van der Waals surface area contributed by atoms with Crippen LogP contribution >= 0.6 is 0 Å². The van der Waals surface area contributed by atoms with Gasteiger partial charge in [-0.1, -0.05) is 12.2 Å². The van der Waals surface area contributed by atoms with Crippen molar-refractivity contribution in [3.05, 3.63) is 12.2 Å². The molecule has 0 unspecified atom stereocenters. The third kappa shape index (κ3) is 16.0. The van der Waals surface area contributed by atoms with Crippen molar-refractivity contribution in [2.24, 2.45) is 0 Å². The molecule has 10 heteroatoms. The molecule has 0 heterocycles. The van der Waals surface area contributed by atoms with Gasteiger partial charge in [0.2, 0.25) is 11.8 Å². The van der Waals surface area contributed by atoms with Crippen LogP contribution in [0.15, 0.2) is 12.2 Å². The van der Waals surface area contributed by atoms with Crippen LogP contribution in [0, 0.1) is 0 Å². The summed E-state index contributed by atoms with van der Waals surface area (Å²) < 4.78 is 10.2. The molecule has 0 saturated heterocycles. The Morgan fingerprint density at radius 1 is 0.688 bits per heavy atom. The molecule has 0 radical (unpaired) electrons. The first-order valence-corrected chi connectivity index (χ1v) is 10.8. The number of amides is 4. The lowest BCUT2D eigenvalue weighted by Gasteiger charge is -2.21. The van der Waals surface area contributed by atoms with Crippen molar-refractivity contribution < 1.29 is 28.7 Å². The Bertz CT molecular complexity index is 608. The van der Waals surface area contributed by atoms with Gasteiger partial charge in [-0.25, -0.2) is 9.59 Å². The van der Waals surface area contributed by atoms with Crippen molar-refractivity contribution in [3.8, 4) is 0 Å². The van der Waals surface area contributed by atoms with Crippen molar-refractivity contribution in [2.75, 3.05) is 13.1 Å². The monoisotopic (exact) mass is 456 g/mol. The largest absolute Gasteiger partial charge is 0.444 e. The number of alkyl carbamates (subject to hydrolysis) is 2. The van der Waals surface area contributed by atoms with Crippen molar-refractivity contribution >= 4 is 24.0 Å². The minimum absolute atomic E-state index is 0.303. The van der Waals surface area contributed by atoms with Gasteiger partial charge in [0.1, 0.15) is 23.3 Å². The van der Waals surface area contributed by atoms with E-state index in [0.29, 0.717) is 25.9 Å². The molecule has 32 heavy (non-hydrogen) atoms. The predicted octanol–water partition coefficient (Wildman–Crippen LogP) is 2.38. The van der Waals surface area contributed by atoms with Crippen molar-refractivity contribution in [3.63, 3.8) is 0 Å². The molecule has 0 aromatic carbocycles. The van der Waals surface area contributed by atoms with E-state index >= 15 is 0 Å². The lowest BCUT2D eigenvalue weighted by molar-refractivity contribution is -0.123. The van der Waals surface area contributed by atoms with E-state index in [-0.39, 0.29) is 11.8 Å². The average molecular weight is 457 g/mol. The first-order chi connectivity index (χ1) is 14.6. The van der Waals surface area contributed by atoms with E-state index in [2.05, 4.69) is 21.3 Å². The number of hydrogen-bond acceptors (Lipinski definition) is 6. The molecule has 4 amide bonds. The molecule has 0 rings (SSSR count). The number of ether oxygens (including phenoxy) is 2. The van der Waals surface area contributed by atoms with Crippen molar-refractivity contribution in [2.45, 2.75) is 91.5 Å². The van der Waals surface area contributed by atoms with E-state index < -0.39 is 35.5 Å². The Hall–Kier alpha value is -2.78. The molecule has 0 bridgehead atoms. The molecule has 0 aromatic rings. The van der Waals surface area contributed by atoms with E-state index in [1.54, 1.807) is 55.4 Å². The van der Waals surface area contributed by atoms with E-state index in [1.165, 1.54) is 0 Å². The van der Waals surface area contributed by atoms with Crippen LogP contribution in [0.25, 0.3) is 0 Å². The summed E-state index contributed by atoms with van der Waals surface area (Å²) in [6.07, 6.45) is 3.71. The Labute approximate surface area is 191 Å². The first kappa shape index (κ1) is 29.2. The van der Waals surface area contributed by atoms with Gasteiger partial charge >= 0.3 is 12.2 Å². The highest BCUT2D eigenvalue weighted by Gasteiger charge is 2.21. The quantitative estimate of drug-likeness (QED) is 0.294. The van der Waals surface area contributed by atoms with Gasteiger partial charge in [-0.05, 0) is 68.2 Å². The second kappa shape index (κ2) is 13.6. The summed E-state index contributed by atoms with van der Waals surface area (Å²) >= 11 is 0. The molecule has 2 atom stereocenters. The summed E-state index contributed by atoms with van der Waals surface area (Å²) in [7, 11) is 0. The van der Waals surface area contributed by atoms with E-state index in [9.17, 15) is 19.2 Å². The maximum absolute atomic E-state index is 12.0. The Balaban J connectivity index is 3.98. The summed E-state index contributed by atoms with van der Waals surface area (Å²) in [5, 5.41) is 10.4. The standard InChI is InChI=1S/C22H40N4O6/c1-15(25-19(29)31-21(3,4)5)17(27)23-13-11-9-10-12-14-24-18(28)16(2)26-20(30)32-22(6,7)8/h9-10,15-16H,11-14H2,1-8H3,(H,23,27)(H,24,28)(H,25,29)(H,26,30)/t15-,16+. The van der Waals surface area contributed by atoms with Crippen molar-refractivity contribution in [1.29, 1.82) is 0 Å². The number of carbonyl (C=O) groups is 4. The van der Waals surface area contributed by atoms with Crippen LogP contribution in [0.3, 0.4) is 0 Å². The van der Waals surface area contributed by atoms with Gasteiger partial charge in [-0.2, -0.15) is 0 Å². The maximum Gasteiger partial charge on any atom is 0.408 e. The normalized spacial score (nSPS) is 13.6. The summed E-state index contributed by atoms with van der Waals surface area (Å²) in [5.41, 5.74) is -1.26. The Kier molecular flexibility index (Phi) is 12.4. The highest BCUT2D eigenvalue weighted by molar-refractivity contribution is 5.85. The van der Waals surface area contributed by atoms with E-state index in [0.717, 1.165) is 0 Å². The fourth-order valence-corrected chi connectivity index (χ4v) is 2.20. The summed E-state index contributed by atoms with van der Waals surface area (Å²) in [6, 6.07) is -1.42. The average Bonchev–Trinajstić information content (AvgIpc) is 2.59. The van der Waals surface area contributed by atoms with Gasteiger partial charge in [-0.3, -0.25) is 9.59 Å². The molecule has 0 aliphatic rings. The zero-order valence-electron chi connectivity index (χ0n) is 20.6. The molecule has 0 aliphatic carbocycles. The molecule has 0 saturated carbocycles. The van der Waals surface area contributed by atoms with Crippen molar-refractivity contribution in [1.82, 2.24) is 21.3 Å². The minimum atomic E-state index is -0.708. The van der Waals surface area contributed by atoms with Crippen LogP contribution < -0.4 is 21.3 Å². The minimum Gasteiger partial charge on any atom is -0.444 e. The lowest BCUT2D eigenvalue weighted by Crippen LogP contribution is -2.46. The number of hydrogen-bond donors (Lipinski definition) is 4. The van der Waals surface area contributed by atoms with Crippen LogP contribution in [0.5, 0.6) is 0 Å². The van der Waals surface area contributed by atoms with Crippen LogP contribution in [0.2, 0.25) is 0 Å². The number of rotatable bonds is 10. The molecule has 4 N–H and O–H groups in total. The molecular weight excluding hydrogens is 416 g/mol. The zero-order chi connectivity index (χ0) is 24.9. The molecule has 0 aliphatic heterocycles. The Morgan fingerprint density at radius 3 is 1.28 bits per heavy atom. The Morgan fingerprint density at radius 2 is 1.00 bits per heavy atom. The summed E-state index contributed by atoms with van der Waals surface area (Å²) in [5.74, 6) is -0.606. The second-order valence-corrected chi connectivity index (χ2v) is 9.37. The first-order valence-electron chi connectivity index (χ1n) is 10.8. The number of carbonyl (C=O) groups excluding carboxylic acids is 4. The predicted molar refractivity (Wildman–Crippen MR) is 122 cm³/mol. The third-order valence-corrected chi connectivity index (χ3v) is 3.64. The van der Waals surface area contributed by atoms with Gasteiger partial charge in [0.05, 0.1) is 0 Å². The highest BCUT2D eigenvalue weighted by Crippen LogP contribution is 2.07. The maximum atomic E-state index is 12.0. The zero-order valence-corrected chi connectivity index (χ0v) is 20.6. The molecule has 0 fully saturated rings. The molecule has 0 aromatic heterocycles. The lowest BCUT2D eigenvalue weighted by atomic mass is 10.2. The second-order valence-electron chi connectivity index (χ2n) is 9.37. The molecular formula is C22H40N4O6. The fraction of sp³-hybridized carbons (Fsp3) is 0.727. The third-order valence-electron chi connectivity index (χ3n) is 3.64.